The van der Waals surface area contributed by atoms with Crippen LogP contribution < -0.4 is 0 Å². The lowest BCUT2D eigenvalue weighted by atomic mass is 9.88. The fourth-order valence-corrected chi connectivity index (χ4v) is 4.31. The van der Waals surface area contributed by atoms with E-state index in [9.17, 15) is 9.90 Å². The van der Waals surface area contributed by atoms with Crippen LogP contribution in [0.5, 0.6) is 0 Å². The van der Waals surface area contributed by atoms with E-state index in [1.807, 2.05) is 24.3 Å². The summed E-state index contributed by atoms with van der Waals surface area (Å²) in [7, 11) is 0. The number of carbonyl (C=O) groups is 1. The van der Waals surface area contributed by atoms with Crippen molar-refractivity contribution in [3.8, 4) is 0 Å². The fraction of sp³-hybridized carbons (Fsp3) is 0.500. The van der Waals surface area contributed by atoms with Crippen LogP contribution in [0.15, 0.2) is 48.5 Å². The van der Waals surface area contributed by atoms with Gasteiger partial charge in [-0.3, -0.25) is 4.79 Å². The first kappa shape index (κ1) is 21.7. The molecule has 1 N–H and O–H groups in total. The predicted molar refractivity (Wildman–Crippen MR) is 117 cm³/mol. The van der Waals surface area contributed by atoms with Crippen molar-refractivity contribution in [3.63, 3.8) is 0 Å². The molecule has 2 aromatic rings. The lowest BCUT2D eigenvalue weighted by Crippen LogP contribution is -2.17. The average Bonchev–Trinajstić information content (AvgIpc) is 3.12. The molecule has 3 atom stereocenters. The van der Waals surface area contributed by atoms with E-state index < -0.39 is 6.10 Å². The molecule has 1 aliphatic carbocycles. The number of ketones is 1. The lowest BCUT2D eigenvalue weighted by Gasteiger charge is -2.20. The Morgan fingerprint density at radius 3 is 2.59 bits per heavy atom. The molecule has 3 nitrogen and oxygen atoms in total. The number of aliphatic hydroxyl groups excluding tert-OH is 1. The molecule has 0 radical (unpaired) electrons. The van der Waals surface area contributed by atoms with E-state index >= 15 is 0 Å². The summed E-state index contributed by atoms with van der Waals surface area (Å²) in [4.78, 5) is 12.6. The molecule has 0 aromatic heterocycles. The third kappa shape index (κ3) is 5.77. The minimum absolute atomic E-state index is 0.0844. The van der Waals surface area contributed by atoms with Gasteiger partial charge in [-0.15, -0.1) is 0 Å². The standard InChI is InChI=1S/C26H34O3/c1-3-5-9-24(27)21-10-12-22(13-11-21)26-23(14-15-25(26)28)18-29-17-20-8-6-7-19(4-2)16-20/h6-8,10-13,16,23-24,26-27H,3-5,9,14-15,17-18H2,1-2H3. The van der Waals surface area contributed by atoms with E-state index in [2.05, 4.69) is 38.1 Å². The van der Waals surface area contributed by atoms with Crippen LogP contribution >= 0.6 is 0 Å². The lowest BCUT2D eigenvalue weighted by molar-refractivity contribution is -0.119. The normalized spacial score (nSPS) is 20.2. The molecule has 1 saturated carbocycles. The van der Waals surface area contributed by atoms with Gasteiger partial charge >= 0.3 is 0 Å². The Labute approximate surface area is 175 Å². The highest BCUT2D eigenvalue weighted by Gasteiger charge is 2.35. The molecule has 0 heterocycles. The fourth-order valence-electron chi connectivity index (χ4n) is 4.31. The van der Waals surface area contributed by atoms with Crippen LogP contribution in [-0.2, 0) is 22.6 Å². The molecule has 3 unspecified atom stereocenters. The first-order valence-corrected chi connectivity index (χ1v) is 11.1. The van der Waals surface area contributed by atoms with Gasteiger partial charge in [-0.1, -0.05) is 75.2 Å². The number of hydrogen-bond acceptors (Lipinski definition) is 3. The summed E-state index contributed by atoms with van der Waals surface area (Å²) in [5, 5.41) is 10.3. The van der Waals surface area contributed by atoms with E-state index in [0.29, 0.717) is 25.4 Å². The van der Waals surface area contributed by atoms with Gasteiger partial charge in [0.15, 0.2) is 0 Å². The first-order chi connectivity index (χ1) is 14.1. The number of ether oxygens (including phenoxy) is 1. The second kappa shape index (κ2) is 10.7. The monoisotopic (exact) mass is 394 g/mol. The topological polar surface area (TPSA) is 46.5 Å². The molecule has 3 rings (SSSR count). The van der Waals surface area contributed by atoms with Gasteiger partial charge in [0.2, 0.25) is 0 Å². The highest BCUT2D eigenvalue weighted by Crippen LogP contribution is 2.37. The van der Waals surface area contributed by atoms with Gasteiger partial charge in [-0.2, -0.15) is 0 Å². The number of carbonyl (C=O) groups excluding carboxylic acids is 1. The number of aliphatic hydroxyl groups is 1. The van der Waals surface area contributed by atoms with E-state index in [-0.39, 0.29) is 11.8 Å². The molecule has 0 bridgehead atoms. The maximum atomic E-state index is 12.6. The smallest absolute Gasteiger partial charge is 0.140 e. The molecular formula is C26H34O3. The first-order valence-electron chi connectivity index (χ1n) is 11.1. The zero-order valence-electron chi connectivity index (χ0n) is 17.8. The van der Waals surface area contributed by atoms with Gasteiger partial charge in [-0.25, -0.2) is 0 Å². The number of rotatable bonds is 10. The second-order valence-electron chi connectivity index (χ2n) is 8.26. The van der Waals surface area contributed by atoms with Gasteiger partial charge < -0.3 is 9.84 Å². The molecule has 0 amide bonds. The molecule has 29 heavy (non-hydrogen) atoms. The van der Waals surface area contributed by atoms with Crippen molar-refractivity contribution in [1.29, 1.82) is 0 Å². The molecule has 3 heteroatoms. The van der Waals surface area contributed by atoms with Crippen LogP contribution in [0.2, 0.25) is 0 Å². The maximum absolute atomic E-state index is 12.6. The SMILES string of the molecule is CCCCC(O)c1ccc(C2C(=O)CCC2COCc2cccc(CC)c2)cc1. The average molecular weight is 395 g/mol. The van der Waals surface area contributed by atoms with E-state index in [0.717, 1.165) is 43.2 Å². The molecule has 1 fully saturated rings. The van der Waals surface area contributed by atoms with Crippen molar-refractivity contribution >= 4 is 5.78 Å². The number of aryl methyl sites for hydroxylation is 1. The van der Waals surface area contributed by atoms with Crippen LogP contribution in [0.1, 0.15) is 80.2 Å². The van der Waals surface area contributed by atoms with Gasteiger partial charge in [-0.05, 0) is 47.4 Å². The van der Waals surface area contributed by atoms with Gasteiger partial charge in [0, 0.05) is 12.3 Å². The highest BCUT2D eigenvalue weighted by molar-refractivity contribution is 5.88. The van der Waals surface area contributed by atoms with Crippen molar-refractivity contribution in [2.24, 2.45) is 5.92 Å². The minimum atomic E-state index is -0.415. The van der Waals surface area contributed by atoms with Crippen LogP contribution in [0, 0.1) is 5.92 Å². The quantitative estimate of drug-likeness (QED) is 0.558. The van der Waals surface area contributed by atoms with E-state index in [1.54, 1.807) is 0 Å². The molecule has 0 saturated heterocycles. The number of Topliss-reactive ketones (excluding diaryl/α,β-unsaturated/α-hetero) is 1. The largest absolute Gasteiger partial charge is 0.388 e. The Morgan fingerprint density at radius 1 is 1.10 bits per heavy atom. The van der Waals surface area contributed by atoms with Crippen LogP contribution in [0.3, 0.4) is 0 Å². The second-order valence-corrected chi connectivity index (χ2v) is 8.26. The third-order valence-electron chi connectivity index (χ3n) is 6.09. The Kier molecular flexibility index (Phi) is 8.02. The van der Waals surface area contributed by atoms with Gasteiger partial charge in [0.25, 0.3) is 0 Å². The summed E-state index contributed by atoms with van der Waals surface area (Å²) < 4.78 is 6.02. The summed E-state index contributed by atoms with van der Waals surface area (Å²) in [5.74, 6) is 0.456. The molecule has 0 aliphatic heterocycles. The van der Waals surface area contributed by atoms with Crippen LogP contribution in [0.4, 0.5) is 0 Å². The van der Waals surface area contributed by atoms with Crippen molar-refractivity contribution in [1.82, 2.24) is 0 Å². The van der Waals surface area contributed by atoms with E-state index in [4.69, 9.17) is 4.74 Å². The Balaban J connectivity index is 1.59. The Bertz CT molecular complexity index is 781. The zero-order valence-corrected chi connectivity index (χ0v) is 17.8. The van der Waals surface area contributed by atoms with E-state index in [1.165, 1.54) is 11.1 Å². The summed E-state index contributed by atoms with van der Waals surface area (Å²) >= 11 is 0. The molecule has 2 aromatic carbocycles. The number of benzene rings is 2. The molecular weight excluding hydrogens is 360 g/mol. The highest BCUT2D eigenvalue weighted by atomic mass is 16.5. The number of unbranched alkanes of at least 4 members (excludes halogenated alkanes) is 1. The summed E-state index contributed by atoms with van der Waals surface area (Å²) in [6, 6.07) is 16.5. The summed E-state index contributed by atoms with van der Waals surface area (Å²) in [6.07, 6.45) is 5.01. The van der Waals surface area contributed by atoms with Crippen molar-refractivity contribution in [3.05, 3.63) is 70.8 Å². The maximum Gasteiger partial charge on any atom is 0.140 e. The van der Waals surface area contributed by atoms with Crippen molar-refractivity contribution in [2.45, 2.75) is 71.0 Å². The Morgan fingerprint density at radius 2 is 1.86 bits per heavy atom. The van der Waals surface area contributed by atoms with Crippen molar-refractivity contribution < 1.29 is 14.6 Å². The van der Waals surface area contributed by atoms with Crippen LogP contribution in [-0.4, -0.2) is 17.5 Å². The number of hydrogen-bond donors (Lipinski definition) is 1. The van der Waals surface area contributed by atoms with Crippen LogP contribution in [0.25, 0.3) is 0 Å². The van der Waals surface area contributed by atoms with Gasteiger partial charge in [0.05, 0.1) is 19.3 Å². The minimum Gasteiger partial charge on any atom is -0.388 e. The Hall–Kier alpha value is -1.97. The van der Waals surface area contributed by atoms with Gasteiger partial charge in [0.1, 0.15) is 5.78 Å². The summed E-state index contributed by atoms with van der Waals surface area (Å²) in [5.41, 5.74) is 4.51. The summed E-state index contributed by atoms with van der Waals surface area (Å²) in [6.45, 7) is 5.48. The third-order valence-corrected chi connectivity index (χ3v) is 6.09. The predicted octanol–water partition coefficient (Wildman–Crippen LogP) is 5.75. The van der Waals surface area contributed by atoms with Crippen molar-refractivity contribution in [2.75, 3.05) is 6.61 Å². The molecule has 0 spiro atoms. The molecule has 1 aliphatic rings. The zero-order chi connectivity index (χ0) is 20.6. The molecule has 156 valence electrons.